The number of nitrogens with zero attached hydrogens (tertiary/aromatic N) is 2. The summed E-state index contributed by atoms with van der Waals surface area (Å²) in [5, 5.41) is 6.16. The molecule has 11 heteroatoms. The third kappa shape index (κ3) is 5.12. The number of likely N-dealkylation sites (N-methyl/N-ethyl adjacent to an activating group) is 1. The summed E-state index contributed by atoms with van der Waals surface area (Å²) in [6.07, 6.45) is -0.767. The number of nitrogens with one attached hydrogen (secondary N) is 2. The SMILES string of the molecule is CSCCC1NC2(CCN(C(=O)Nc3ccc(OC(F)(F)F)cc3)CC2)N(C)C1=O. The van der Waals surface area contributed by atoms with Crippen LogP contribution < -0.4 is 15.4 Å². The monoisotopic (exact) mass is 446 g/mol. The Morgan fingerprint density at radius 3 is 2.50 bits per heavy atom. The quantitative estimate of drug-likeness (QED) is 0.727. The van der Waals surface area contributed by atoms with Crippen LogP contribution in [0.2, 0.25) is 0 Å². The third-order valence-corrected chi connectivity index (χ3v) is 6.19. The van der Waals surface area contributed by atoms with Crippen molar-refractivity contribution < 1.29 is 27.5 Å². The smallest absolute Gasteiger partial charge is 0.406 e. The molecular weight excluding hydrogens is 421 g/mol. The summed E-state index contributed by atoms with van der Waals surface area (Å²) < 4.78 is 40.5. The molecule has 0 bridgehead atoms. The Balaban J connectivity index is 1.54. The van der Waals surface area contributed by atoms with Gasteiger partial charge in [-0.2, -0.15) is 11.8 Å². The van der Waals surface area contributed by atoms with Gasteiger partial charge in [0.05, 0.1) is 11.7 Å². The van der Waals surface area contributed by atoms with E-state index in [1.807, 2.05) is 6.26 Å². The highest BCUT2D eigenvalue weighted by molar-refractivity contribution is 7.98. The molecule has 2 fully saturated rings. The number of alkyl halides is 3. The van der Waals surface area contributed by atoms with Crippen LogP contribution in [0.4, 0.5) is 23.7 Å². The summed E-state index contributed by atoms with van der Waals surface area (Å²) in [5.74, 6) is 0.633. The standard InChI is InChI=1S/C19H25F3N4O3S/c1-25-16(27)15(7-12-30-2)24-18(25)8-10-26(11-9-18)17(28)23-13-3-5-14(6-4-13)29-19(20,21)22/h3-6,15,24H,7-12H2,1-2H3,(H,23,28). The van der Waals surface area contributed by atoms with Crippen LogP contribution in [-0.4, -0.2) is 72.0 Å². The van der Waals surface area contributed by atoms with Gasteiger partial charge in [-0.15, -0.1) is 13.2 Å². The van der Waals surface area contributed by atoms with Gasteiger partial charge in [0.1, 0.15) is 5.75 Å². The number of urea groups is 1. The number of amides is 3. The van der Waals surface area contributed by atoms with E-state index in [4.69, 9.17) is 0 Å². The zero-order chi connectivity index (χ0) is 21.9. The lowest BCUT2D eigenvalue weighted by atomic mass is 9.96. The first kappa shape index (κ1) is 22.5. The number of benzene rings is 1. The molecule has 0 aromatic heterocycles. The van der Waals surface area contributed by atoms with Crippen LogP contribution in [0.3, 0.4) is 0 Å². The number of anilines is 1. The van der Waals surface area contributed by atoms with Crippen molar-refractivity contribution in [3.63, 3.8) is 0 Å². The number of hydrogen-bond acceptors (Lipinski definition) is 5. The number of carbonyl (C=O) groups excluding carboxylic acids is 2. The molecule has 30 heavy (non-hydrogen) atoms. The number of halogens is 3. The molecule has 1 spiro atoms. The van der Waals surface area contributed by atoms with Gasteiger partial charge in [0.15, 0.2) is 0 Å². The maximum absolute atomic E-state index is 12.5. The number of thioether (sulfide) groups is 1. The summed E-state index contributed by atoms with van der Waals surface area (Å²) in [6, 6.07) is 4.47. The normalized spacial score (nSPS) is 21.2. The predicted octanol–water partition coefficient (Wildman–Crippen LogP) is 3.09. The number of likely N-dealkylation sites (tertiary alicyclic amines) is 1. The highest BCUT2D eigenvalue weighted by atomic mass is 32.2. The molecule has 0 radical (unpaired) electrons. The van der Waals surface area contributed by atoms with E-state index in [0.29, 0.717) is 31.6 Å². The lowest BCUT2D eigenvalue weighted by Crippen LogP contribution is -2.59. The van der Waals surface area contributed by atoms with Crippen LogP contribution in [-0.2, 0) is 4.79 Å². The number of ether oxygens (including phenoxy) is 1. The fraction of sp³-hybridized carbons (Fsp3) is 0.579. The van der Waals surface area contributed by atoms with Gasteiger partial charge in [0, 0.05) is 38.7 Å². The first-order chi connectivity index (χ1) is 14.1. The first-order valence-corrected chi connectivity index (χ1v) is 11.0. The highest BCUT2D eigenvalue weighted by Gasteiger charge is 2.49. The van der Waals surface area contributed by atoms with E-state index in [2.05, 4.69) is 15.4 Å². The zero-order valence-electron chi connectivity index (χ0n) is 16.8. The van der Waals surface area contributed by atoms with E-state index in [0.717, 1.165) is 24.3 Å². The van der Waals surface area contributed by atoms with Crippen LogP contribution in [0.1, 0.15) is 19.3 Å². The van der Waals surface area contributed by atoms with E-state index >= 15 is 0 Å². The molecule has 2 aliphatic rings. The molecule has 2 aliphatic heterocycles. The lowest BCUT2D eigenvalue weighted by molar-refractivity contribution is -0.274. The summed E-state index contributed by atoms with van der Waals surface area (Å²) in [4.78, 5) is 28.5. The van der Waals surface area contributed by atoms with Gasteiger partial charge in [-0.3, -0.25) is 10.1 Å². The molecule has 1 aromatic rings. The molecule has 166 valence electrons. The van der Waals surface area contributed by atoms with Crippen molar-refractivity contribution in [2.45, 2.75) is 37.3 Å². The Hall–Kier alpha value is -2.14. The second-order valence-electron chi connectivity index (χ2n) is 7.40. The first-order valence-electron chi connectivity index (χ1n) is 9.59. The van der Waals surface area contributed by atoms with Crippen molar-refractivity contribution >= 4 is 29.4 Å². The third-order valence-electron chi connectivity index (χ3n) is 5.54. The fourth-order valence-electron chi connectivity index (χ4n) is 3.86. The molecule has 1 atom stereocenters. The second-order valence-corrected chi connectivity index (χ2v) is 8.38. The number of carbonyl (C=O) groups is 2. The summed E-state index contributed by atoms with van der Waals surface area (Å²) >= 11 is 1.70. The molecule has 3 amide bonds. The molecule has 2 saturated heterocycles. The van der Waals surface area contributed by atoms with Crippen LogP contribution in [0, 0.1) is 0 Å². The average molecular weight is 446 g/mol. The maximum Gasteiger partial charge on any atom is 0.573 e. The number of piperidine rings is 1. The van der Waals surface area contributed by atoms with E-state index < -0.39 is 12.0 Å². The molecule has 1 unspecified atom stereocenters. The van der Waals surface area contributed by atoms with Gasteiger partial charge >= 0.3 is 12.4 Å². The molecular formula is C19H25F3N4O3S. The van der Waals surface area contributed by atoms with Crippen molar-refractivity contribution in [2.75, 3.05) is 37.5 Å². The molecule has 1 aromatic carbocycles. The second kappa shape index (κ2) is 8.93. The molecule has 7 nitrogen and oxygen atoms in total. The van der Waals surface area contributed by atoms with E-state index in [-0.39, 0.29) is 23.7 Å². The maximum atomic E-state index is 12.5. The summed E-state index contributed by atoms with van der Waals surface area (Å²) in [7, 11) is 1.80. The van der Waals surface area contributed by atoms with E-state index in [1.54, 1.807) is 28.6 Å². The highest BCUT2D eigenvalue weighted by Crippen LogP contribution is 2.32. The van der Waals surface area contributed by atoms with Crippen LogP contribution in [0.25, 0.3) is 0 Å². The average Bonchev–Trinajstić information content (AvgIpc) is 2.92. The van der Waals surface area contributed by atoms with Crippen molar-refractivity contribution in [3.05, 3.63) is 24.3 Å². The van der Waals surface area contributed by atoms with Gasteiger partial charge in [-0.25, -0.2) is 4.79 Å². The number of rotatable bonds is 5. The minimum atomic E-state index is -4.76. The Bertz CT molecular complexity index is 767. The predicted molar refractivity (Wildman–Crippen MR) is 108 cm³/mol. The molecule has 2 heterocycles. The Kier molecular flexibility index (Phi) is 6.71. The fourth-order valence-corrected chi connectivity index (χ4v) is 4.33. The van der Waals surface area contributed by atoms with Gasteiger partial charge in [0.2, 0.25) is 5.91 Å². The van der Waals surface area contributed by atoms with Crippen molar-refractivity contribution in [1.82, 2.24) is 15.1 Å². The Labute approximate surface area is 177 Å². The van der Waals surface area contributed by atoms with Crippen LogP contribution in [0.5, 0.6) is 5.75 Å². The van der Waals surface area contributed by atoms with Crippen LogP contribution in [0.15, 0.2) is 24.3 Å². The van der Waals surface area contributed by atoms with Crippen molar-refractivity contribution in [1.29, 1.82) is 0 Å². The van der Waals surface area contributed by atoms with Crippen molar-refractivity contribution in [3.8, 4) is 5.75 Å². The largest absolute Gasteiger partial charge is 0.573 e. The van der Waals surface area contributed by atoms with Gasteiger partial charge in [-0.05, 0) is 42.7 Å². The minimum Gasteiger partial charge on any atom is -0.406 e. The summed E-state index contributed by atoms with van der Waals surface area (Å²) in [6.45, 7) is 0.919. The molecule has 3 rings (SSSR count). The lowest BCUT2D eigenvalue weighted by Gasteiger charge is -2.43. The zero-order valence-corrected chi connectivity index (χ0v) is 17.6. The molecule has 0 saturated carbocycles. The van der Waals surface area contributed by atoms with Gasteiger partial charge in [0.25, 0.3) is 0 Å². The molecule has 0 aliphatic carbocycles. The van der Waals surface area contributed by atoms with E-state index in [9.17, 15) is 22.8 Å². The van der Waals surface area contributed by atoms with Gasteiger partial charge < -0.3 is 19.9 Å². The number of hydrogen-bond donors (Lipinski definition) is 2. The topological polar surface area (TPSA) is 73.9 Å². The van der Waals surface area contributed by atoms with E-state index in [1.165, 1.54) is 12.1 Å². The van der Waals surface area contributed by atoms with Gasteiger partial charge in [-0.1, -0.05) is 0 Å². The Morgan fingerprint density at radius 2 is 1.93 bits per heavy atom. The van der Waals surface area contributed by atoms with Crippen LogP contribution >= 0.6 is 11.8 Å². The van der Waals surface area contributed by atoms with Crippen molar-refractivity contribution in [2.24, 2.45) is 0 Å². The molecule has 2 N–H and O–H groups in total. The Morgan fingerprint density at radius 1 is 1.30 bits per heavy atom. The summed E-state index contributed by atoms with van der Waals surface area (Å²) in [5.41, 5.74) is -0.0636. The minimum absolute atomic E-state index is 0.0862.